The Balaban J connectivity index is 2.31. The molecule has 0 spiro atoms. The molecular weight excluding hydrogens is 290 g/mol. The number of hydrogen-bond acceptors (Lipinski definition) is 2. The van der Waals surface area contributed by atoms with E-state index in [0.717, 1.165) is 40.3 Å². The van der Waals surface area contributed by atoms with E-state index in [1.165, 1.54) is 6.42 Å². The van der Waals surface area contributed by atoms with Gasteiger partial charge in [0.15, 0.2) is 0 Å². The highest BCUT2D eigenvalue weighted by atomic mass is 79.9. The molecule has 0 aliphatic rings. The molecule has 1 N–H and O–H groups in total. The summed E-state index contributed by atoms with van der Waals surface area (Å²) in [6.45, 7) is 2.17. The maximum Gasteiger partial charge on any atom is 0.107 e. The maximum atomic E-state index is 10.3. The van der Waals surface area contributed by atoms with Gasteiger partial charge in [-0.2, -0.15) is 0 Å². The molecule has 18 heavy (non-hydrogen) atoms. The van der Waals surface area contributed by atoms with Gasteiger partial charge in [-0.05, 0) is 33.8 Å². The minimum absolute atomic E-state index is 0.473. The molecule has 2 aromatic rings. The molecule has 1 heterocycles. The zero-order valence-electron chi connectivity index (χ0n) is 10.6. The molecule has 2 rings (SSSR count). The lowest BCUT2D eigenvalue weighted by molar-refractivity contribution is 0.160. The Morgan fingerprint density at radius 1 is 1.28 bits per heavy atom. The third-order valence-corrected chi connectivity index (χ3v) is 3.54. The van der Waals surface area contributed by atoms with Crippen molar-refractivity contribution in [1.82, 2.24) is 4.98 Å². The number of nitrogens with zero attached hydrogens (tertiary/aromatic N) is 1. The normalized spacial score (nSPS) is 12.8. The number of fused-ring (bicyclic) bond motifs is 1. The van der Waals surface area contributed by atoms with Gasteiger partial charge in [0.2, 0.25) is 0 Å². The van der Waals surface area contributed by atoms with Gasteiger partial charge in [-0.1, -0.05) is 50.5 Å². The maximum absolute atomic E-state index is 10.3. The monoisotopic (exact) mass is 307 g/mol. The Kier molecular flexibility index (Phi) is 4.72. The topological polar surface area (TPSA) is 33.1 Å². The van der Waals surface area contributed by atoms with E-state index in [2.05, 4.69) is 27.8 Å². The lowest BCUT2D eigenvalue weighted by Crippen LogP contribution is -2.02. The predicted molar refractivity (Wildman–Crippen MR) is 78.5 cm³/mol. The summed E-state index contributed by atoms with van der Waals surface area (Å²) in [7, 11) is 0. The van der Waals surface area contributed by atoms with Gasteiger partial charge in [-0.3, -0.25) is 0 Å². The Morgan fingerprint density at radius 2 is 2.06 bits per heavy atom. The molecule has 0 saturated carbocycles. The molecule has 1 unspecified atom stereocenters. The molecule has 0 amide bonds. The summed E-state index contributed by atoms with van der Waals surface area (Å²) in [5.41, 5.74) is 0.788. The number of rotatable bonds is 5. The molecule has 1 aromatic heterocycles. The largest absolute Gasteiger partial charge is 0.387 e. The standard InChI is InChI=1S/C15H18BrNO/c1-2-3-4-9-13(18)15-12-8-6-5-7-11(12)10-14(16)17-15/h5-8,10,13,18H,2-4,9H2,1H3. The fraction of sp³-hybridized carbons (Fsp3) is 0.400. The van der Waals surface area contributed by atoms with E-state index >= 15 is 0 Å². The lowest BCUT2D eigenvalue weighted by Gasteiger charge is -2.13. The second-order valence-electron chi connectivity index (χ2n) is 4.56. The van der Waals surface area contributed by atoms with Crippen LogP contribution in [0.1, 0.15) is 44.4 Å². The van der Waals surface area contributed by atoms with Gasteiger partial charge in [-0.15, -0.1) is 0 Å². The van der Waals surface area contributed by atoms with E-state index in [4.69, 9.17) is 0 Å². The molecule has 0 aliphatic carbocycles. The van der Waals surface area contributed by atoms with Crippen LogP contribution in [0.5, 0.6) is 0 Å². The van der Waals surface area contributed by atoms with Crippen molar-refractivity contribution in [2.75, 3.05) is 0 Å². The quantitative estimate of drug-likeness (QED) is 0.646. The molecule has 2 nitrogen and oxygen atoms in total. The third kappa shape index (κ3) is 3.09. The van der Waals surface area contributed by atoms with Gasteiger partial charge in [-0.25, -0.2) is 4.98 Å². The summed E-state index contributed by atoms with van der Waals surface area (Å²) >= 11 is 3.41. The van der Waals surface area contributed by atoms with Gasteiger partial charge < -0.3 is 5.11 Å². The first-order valence-electron chi connectivity index (χ1n) is 6.45. The summed E-state index contributed by atoms with van der Waals surface area (Å²) in [4.78, 5) is 4.45. The average molecular weight is 308 g/mol. The Hall–Kier alpha value is -0.930. The Morgan fingerprint density at radius 3 is 2.83 bits per heavy atom. The molecule has 3 heteroatoms. The smallest absolute Gasteiger partial charge is 0.107 e. The highest BCUT2D eigenvalue weighted by Crippen LogP contribution is 2.28. The highest BCUT2D eigenvalue weighted by molar-refractivity contribution is 9.10. The molecule has 1 aromatic carbocycles. The second-order valence-corrected chi connectivity index (χ2v) is 5.38. The predicted octanol–water partition coefficient (Wildman–Crippen LogP) is 4.61. The third-order valence-electron chi connectivity index (χ3n) is 3.14. The minimum Gasteiger partial charge on any atom is -0.387 e. The van der Waals surface area contributed by atoms with E-state index in [0.29, 0.717) is 0 Å². The molecule has 1 atom stereocenters. The number of pyridine rings is 1. The van der Waals surface area contributed by atoms with Gasteiger partial charge >= 0.3 is 0 Å². The van der Waals surface area contributed by atoms with E-state index in [-0.39, 0.29) is 0 Å². The van der Waals surface area contributed by atoms with Crippen LogP contribution in [-0.2, 0) is 0 Å². The van der Waals surface area contributed by atoms with Crippen LogP contribution in [0.2, 0.25) is 0 Å². The first kappa shape index (κ1) is 13.5. The SMILES string of the molecule is CCCCCC(O)c1nc(Br)cc2ccccc12. The van der Waals surface area contributed by atoms with Gasteiger partial charge in [0, 0.05) is 5.39 Å². The molecule has 0 aliphatic heterocycles. The number of unbranched alkanes of at least 4 members (excludes halogenated alkanes) is 2. The lowest BCUT2D eigenvalue weighted by atomic mass is 10.0. The number of aromatic nitrogens is 1. The van der Waals surface area contributed by atoms with Crippen LogP contribution in [0.4, 0.5) is 0 Å². The zero-order chi connectivity index (χ0) is 13.0. The van der Waals surface area contributed by atoms with Crippen molar-refractivity contribution in [1.29, 1.82) is 0 Å². The summed E-state index contributed by atoms with van der Waals surface area (Å²) in [5.74, 6) is 0. The van der Waals surface area contributed by atoms with E-state index in [1.54, 1.807) is 0 Å². The molecule has 0 saturated heterocycles. The number of benzene rings is 1. The number of halogens is 1. The number of aliphatic hydroxyl groups is 1. The minimum atomic E-state index is -0.473. The fourth-order valence-corrected chi connectivity index (χ4v) is 2.61. The van der Waals surface area contributed by atoms with Crippen molar-refractivity contribution in [3.8, 4) is 0 Å². The van der Waals surface area contributed by atoms with Gasteiger partial charge in [0.25, 0.3) is 0 Å². The molecule has 0 radical (unpaired) electrons. The van der Waals surface area contributed by atoms with Crippen LogP contribution < -0.4 is 0 Å². The average Bonchev–Trinajstić information content (AvgIpc) is 2.38. The first-order valence-corrected chi connectivity index (χ1v) is 7.25. The van der Waals surface area contributed by atoms with E-state index < -0.39 is 6.10 Å². The molecular formula is C15H18BrNO. The zero-order valence-corrected chi connectivity index (χ0v) is 12.2. The van der Waals surface area contributed by atoms with Crippen LogP contribution in [0, 0.1) is 0 Å². The van der Waals surface area contributed by atoms with Crippen LogP contribution in [0.15, 0.2) is 34.9 Å². The van der Waals surface area contributed by atoms with E-state index in [9.17, 15) is 5.11 Å². The molecule has 96 valence electrons. The number of hydrogen-bond donors (Lipinski definition) is 1. The molecule has 0 bridgehead atoms. The summed E-state index contributed by atoms with van der Waals surface area (Å²) in [6.07, 6.45) is 3.67. The van der Waals surface area contributed by atoms with Gasteiger partial charge in [0.1, 0.15) is 4.60 Å². The summed E-state index contributed by atoms with van der Waals surface area (Å²) in [6, 6.07) is 10.0. The van der Waals surface area contributed by atoms with Crippen molar-refractivity contribution < 1.29 is 5.11 Å². The Bertz CT molecular complexity index is 527. The van der Waals surface area contributed by atoms with Crippen molar-refractivity contribution in [3.05, 3.63) is 40.6 Å². The molecule has 0 fully saturated rings. The van der Waals surface area contributed by atoms with Crippen LogP contribution >= 0.6 is 15.9 Å². The first-order chi connectivity index (χ1) is 8.72. The van der Waals surface area contributed by atoms with Crippen LogP contribution in [-0.4, -0.2) is 10.1 Å². The summed E-state index contributed by atoms with van der Waals surface area (Å²) in [5, 5.41) is 12.4. The summed E-state index contributed by atoms with van der Waals surface area (Å²) < 4.78 is 0.783. The van der Waals surface area contributed by atoms with Crippen LogP contribution in [0.25, 0.3) is 10.8 Å². The van der Waals surface area contributed by atoms with Crippen molar-refractivity contribution in [2.45, 2.75) is 38.7 Å². The fourth-order valence-electron chi connectivity index (χ4n) is 2.17. The van der Waals surface area contributed by atoms with Crippen molar-refractivity contribution >= 4 is 26.7 Å². The van der Waals surface area contributed by atoms with Crippen LogP contribution in [0.3, 0.4) is 0 Å². The van der Waals surface area contributed by atoms with Crippen molar-refractivity contribution in [3.63, 3.8) is 0 Å². The highest BCUT2D eigenvalue weighted by Gasteiger charge is 2.13. The van der Waals surface area contributed by atoms with Gasteiger partial charge in [0.05, 0.1) is 11.8 Å². The van der Waals surface area contributed by atoms with E-state index in [1.807, 2.05) is 30.3 Å². The second kappa shape index (κ2) is 6.30. The van der Waals surface area contributed by atoms with Crippen molar-refractivity contribution in [2.24, 2.45) is 0 Å². The number of aliphatic hydroxyl groups excluding tert-OH is 1. The Labute approximate surface area is 116 Å².